The second kappa shape index (κ2) is 5.48. The van der Waals surface area contributed by atoms with Gasteiger partial charge in [-0.05, 0) is 63.1 Å². The molecule has 0 fully saturated rings. The number of aromatic nitrogens is 2. The van der Waals surface area contributed by atoms with Gasteiger partial charge in [0.2, 0.25) is 0 Å². The quantitative estimate of drug-likeness (QED) is 0.753. The van der Waals surface area contributed by atoms with Crippen LogP contribution in [-0.4, -0.2) is 9.97 Å². The summed E-state index contributed by atoms with van der Waals surface area (Å²) in [6, 6.07) is 4.27. The Morgan fingerprint density at radius 2 is 2.22 bits per heavy atom. The van der Waals surface area contributed by atoms with Gasteiger partial charge < -0.3 is 4.98 Å². The van der Waals surface area contributed by atoms with E-state index in [4.69, 9.17) is 0 Å². The van der Waals surface area contributed by atoms with E-state index in [-0.39, 0.29) is 11.4 Å². The number of aryl methyl sites for hydroxylation is 1. The van der Waals surface area contributed by atoms with Crippen molar-refractivity contribution >= 4 is 38.5 Å². The maximum Gasteiger partial charge on any atom is 0.264 e. The first kappa shape index (κ1) is 13.7. The molecule has 0 unspecified atom stereocenters. The number of hydrogen-bond acceptors (Lipinski definition) is 2. The summed E-state index contributed by atoms with van der Waals surface area (Å²) in [5.74, 6) is 0.110. The Kier molecular flexibility index (Phi) is 4.16. The zero-order chi connectivity index (χ0) is 13.3. The highest BCUT2D eigenvalue weighted by Gasteiger charge is 2.11. The van der Waals surface area contributed by atoms with E-state index in [1.807, 2.05) is 29.5 Å². The maximum atomic E-state index is 13.0. The fraction of sp³-hybridized carbons (Fsp3) is 0.167. The van der Waals surface area contributed by atoms with Crippen LogP contribution in [0.15, 0.2) is 27.5 Å². The Bertz CT molecular complexity index is 657. The largest absolute Gasteiger partial charge is 0.306 e. The van der Waals surface area contributed by atoms with E-state index in [1.54, 1.807) is 6.07 Å². The molecule has 1 N–H and O–H groups in total. The van der Waals surface area contributed by atoms with Gasteiger partial charge in [-0.1, -0.05) is 6.92 Å². The molecule has 0 spiro atoms. The molecule has 0 aliphatic carbocycles. The van der Waals surface area contributed by atoms with Crippen LogP contribution < -0.4 is 5.56 Å². The summed E-state index contributed by atoms with van der Waals surface area (Å²) in [5, 5.41) is 0. The monoisotopic (exact) mass is 422 g/mol. The lowest BCUT2D eigenvalue weighted by molar-refractivity contribution is 0.627. The molecule has 0 saturated heterocycles. The number of halogens is 3. The lowest BCUT2D eigenvalue weighted by Crippen LogP contribution is -2.16. The molecule has 3 nitrogen and oxygen atoms in total. The van der Waals surface area contributed by atoms with Crippen molar-refractivity contribution in [3.63, 3.8) is 0 Å². The van der Waals surface area contributed by atoms with Crippen molar-refractivity contribution in [2.75, 3.05) is 0 Å². The van der Waals surface area contributed by atoms with Crippen LogP contribution in [0.2, 0.25) is 0 Å². The van der Waals surface area contributed by atoms with E-state index in [0.29, 0.717) is 25.9 Å². The predicted molar refractivity (Wildman–Crippen MR) is 80.0 cm³/mol. The van der Waals surface area contributed by atoms with E-state index < -0.39 is 0 Å². The highest BCUT2D eigenvalue weighted by molar-refractivity contribution is 14.1. The van der Waals surface area contributed by atoms with Gasteiger partial charge in [0.1, 0.15) is 11.6 Å². The van der Waals surface area contributed by atoms with E-state index in [2.05, 4.69) is 25.9 Å². The normalized spacial score (nSPS) is 10.7. The van der Waals surface area contributed by atoms with Gasteiger partial charge in [0.05, 0.1) is 9.26 Å². The van der Waals surface area contributed by atoms with Crippen LogP contribution >= 0.6 is 38.5 Å². The van der Waals surface area contributed by atoms with Crippen LogP contribution in [0.5, 0.6) is 0 Å². The van der Waals surface area contributed by atoms with Crippen molar-refractivity contribution in [1.82, 2.24) is 9.97 Å². The van der Waals surface area contributed by atoms with Crippen molar-refractivity contribution in [3.05, 3.63) is 48.1 Å². The molecular formula is C12H9BrFIN2O. The predicted octanol–water partition coefficient (Wildman–Crippen LogP) is 3.51. The van der Waals surface area contributed by atoms with E-state index in [9.17, 15) is 9.18 Å². The first-order valence-corrected chi connectivity index (χ1v) is 7.14. The first-order valence-electron chi connectivity index (χ1n) is 5.27. The summed E-state index contributed by atoms with van der Waals surface area (Å²) >= 11 is 5.25. The van der Waals surface area contributed by atoms with Gasteiger partial charge in [0, 0.05) is 10.0 Å². The summed E-state index contributed by atoms with van der Waals surface area (Å²) in [6.45, 7) is 1.94. The third kappa shape index (κ3) is 2.64. The Hall–Kier alpha value is -0.760. The molecule has 0 amide bonds. The molecule has 0 saturated carbocycles. The molecule has 2 aromatic rings. The second-order valence-electron chi connectivity index (χ2n) is 3.65. The standard InChI is InChI=1S/C12H9BrFIN2O/c1-2-9-10(15)12(18)17-11(16-9)7-4-3-6(14)5-8(7)13/h3-5H,2H2,1H3,(H,16,17,18). The minimum atomic E-state index is -0.339. The van der Waals surface area contributed by atoms with Crippen LogP contribution in [0.1, 0.15) is 12.6 Å². The summed E-state index contributed by atoms with van der Waals surface area (Å²) in [4.78, 5) is 18.9. The molecule has 18 heavy (non-hydrogen) atoms. The Labute approximate surface area is 125 Å². The minimum absolute atomic E-state index is 0.173. The molecule has 1 aromatic carbocycles. The number of nitrogens with zero attached hydrogens (tertiary/aromatic N) is 1. The summed E-state index contributed by atoms with van der Waals surface area (Å²) < 4.78 is 14.2. The van der Waals surface area contributed by atoms with E-state index >= 15 is 0 Å². The molecule has 0 atom stereocenters. The molecule has 94 valence electrons. The molecule has 0 aliphatic rings. The summed E-state index contributed by atoms with van der Waals surface area (Å²) in [5.41, 5.74) is 1.24. The fourth-order valence-corrected chi connectivity index (χ4v) is 2.72. The molecule has 0 aliphatic heterocycles. The molecule has 0 radical (unpaired) electrons. The zero-order valence-corrected chi connectivity index (χ0v) is 13.2. The Morgan fingerprint density at radius 3 is 2.83 bits per heavy atom. The smallest absolute Gasteiger partial charge is 0.264 e. The van der Waals surface area contributed by atoms with Crippen molar-refractivity contribution in [2.45, 2.75) is 13.3 Å². The van der Waals surface area contributed by atoms with Crippen LogP contribution in [0.3, 0.4) is 0 Å². The van der Waals surface area contributed by atoms with Gasteiger partial charge in [-0.25, -0.2) is 9.37 Å². The number of nitrogens with one attached hydrogen (secondary N) is 1. The fourth-order valence-electron chi connectivity index (χ4n) is 1.55. The minimum Gasteiger partial charge on any atom is -0.306 e. The maximum absolute atomic E-state index is 13.0. The lowest BCUT2D eigenvalue weighted by Gasteiger charge is -2.07. The van der Waals surface area contributed by atoms with Gasteiger partial charge in [-0.15, -0.1) is 0 Å². The third-order valence-electron chi connectivity index (χ3n) is 2.45. The molecule has 1 aromatic heterocycles. The highest BCUT2D eigenvalue weighted by Crippen LogP contribution is 2.26. The third-order valence-corrected chi connectivity index (χ3v) is 4.22. The number of H-pyrrole nitrogens is 1. The number of hydrogen-bond donors (Lipinski definition) is 1. The molecule has 2 rings (SSSR count). The zero-order valence-electron chi connectivity index (χ0n) is 9.43. The average Bonchev–Trinajstić information content (AvgIpc) is 2.32. The summed E-state index contributed by atoms with van der Waals surface area (Å²) in [7, 11) is 0. The average molecular weight is 423 g/mol. The SMILES string of the molecule is CCc1nc(-c2ccc(F)cc2Br)[nH]c(=O)c1I. The Balaban J connectivity index is 2.64. The number of rotatable bonds is 2. The molecule has 6 heteroatoms. The van der Waals surface area contributed by atoms with Crippen molar-refractivity contribution in [3.8, 4) is 11.4 Å². The number of aromatic amines is 1. The molecule has 1 heterocycles. The first-order chi connectivity index (χ1) is 8.52. The van der Waals surface area contributed by atoms with Gasteiger partial charge in [0.15, 0.2) is 0 Å². The van der Waals surface area contributed by atoms with Crippen LogP contribution in [0.4, 0.5) is 4.39 Å². The van der Waals surface area contributed by atoms with Crippen molar-refractivity contribution in [2.24, 2.45) is 0 Å². The Morgan fingerprint density at radius 1 is 1.50 bits per heavy atom. The molecular weight excluding hydrogens is 414 g/mol. The van der Waals surface area contributed by atoms with Crippen LogP contribution in [0.25, 0.3) is 11.4 Å². The van der Waals surface area contributed by atoms with Gasteiger partial charge in [-0.2, -0.15) is 0 Å². The second-order valence-corrected chi connectivity index (χ2v) is 5.59. The molecule has 0 bridgehead atoms. The van der Waals surface area contributed by atoms with Crippen molar-refractivity contribution in [1.29, 1.82) is 0 Å². The van der Waals surface area contributed by atoms with Gasteiger partial charge in [-0.3, -0.25) is 4.79 Å². The van der Waals surface area contributed by atoms with E-state index in [0.717, 1.165) is 5.69 Å². The van der Waals surface area contributed by atoms with Crippen LogP contribution in [-0.2, 0) is 6.42 Å². The van der Waals surface area contributed by atoms with Crippen LogP contribution in [0, 0.1) is 9.39 Å². The number of benzene rings is 1. The highest BCUT2D eigenvalue weighted by atomic mass is 127. The van der Waals surface area contributed by atoms with E-state index in [1.165, 1.54) is 12.1 Å². The topological polar surface area (TPSA) is 45.8 Å². The summed E-state index contributed by atoms with van der Waals surface area (Å²) in [6.07, 6.45) is 0.675. The van der Waals surface area contributed by atoms with Gasteiger partial charge in [0.25, 0.3) is 5.56 Å². The van der Waals surface area contributed by atoms with Crippen molar-refractivity contribution < 1.29 is 4.39 Å². The van der Waals surface area contributed by atoms with Gasteiger partial charge >= 0.3 is 0 Å². The lowest BCUT2D eigenvalue weighted by atomic mass is 10.2.